The molecule has 0 fully saturated rings. The van der Waals surface area contributed by atoms with E-state index in [4.69, 9.17) is 9.47 Å². The van der Waals surface area contributed by atoms with Crippen LogP contribution >= 0.6 is 6.89 Å². The van der Waals surface area contributed by atoms with Crippen molar-refractivity contribution in [2.24, 2.45) is 11.8 Å². The number of anilines is 1. The number of hydrogen-bond donors (Lipinski definition) is 1. The molecule has 0 aliphatic carbocycles. The Morgan fingerprint density at radius 3 is 1.41 bits per heavy atom. The number of esters is 2. The third-order valence-electron chi connectivity index (χ3n) is 7.21. The van der Waals surface area contributed by atoms with Gasteiger partial charge in [0.05, 0.1) is 18.5 Å². The number of nitrogens with one attached hydrogen (secondary N) is 1. The number of ketones is 1. The molecule has 0 radical (unpaired) electrons. The zero-order chi connectivity index (χ0) is 31.5. The number of carbonyl (C=O) groups excluding carboxylic acids is 4. The van der Waals surface area contributed by atoms with Crippen molar-refractivity contribution in [2.45, 2.75) is 20.8 Å². The molecule has 44 heavy (non-hydrogen) atoms. The lowest BCUT2D eigenvalue weighted by molar-refractivity contribution is -0.152. The Morgan fingerprint density at radius 2 is 1.02 bits per heavy atom. The molecule has 2 atom stereocenters. The number of benzene rings is 4. The van der Waals surface area contributed by atoms with Gasteiger partial charge in [0.25, 0.3) is 0 Å². The summed E-state index contributed by atoms with van der Waals surface area (Å²) in [5, 5.41) is 5.05. The smallest absolute Gasteiger partial charge is 0.335 e. The summed E-state index contributed by atoms with van der Waals surface area (Å²) in [6.45, 7) is 1.26. The van der Waals surface area contributed by atoms with Crippen molar-refractivity contribution >= 4 is 57.4 Å². The van der Waals surface area contributed by atoms with Crippen LogP contribution in [0.2, 0.25) is 0 Å². The average Bonchev–Trinajstić information content (AvgIpc) is 3.04. The van der Waals surface area contributed by atoms with Crippen molar-refractivity contribution in [3.63, 3.8) is 0 Å². The lowest BCUT2D eigenvalue weighted by Gasteiger charge is -2.36. The molecule has 1 amide bonds. The fourth-order valence-corrected chi connectivity index (χ4v) is 10.0. The first-order valence-electron chi connectivity index (χ1n) is 14.5. The topological polar surface area (TPSA) is 98.8 Å². The summed E-state index contributed by atoms with van der Waals surface area (Å²) in [6, 6.07) is 36.9. The highest BCUT2D eigenvalue weighted by atomic mass is 31.2. The molecule has 0 aliphatic heterocycles. The summed E-state index contributed by atoms with van der Waals surface area (Å²) in [6.07, 6.45) is 0. The number of ether oxygens (including phenoxy) is 2. The predicted octanol–water partition coefficient (Wildman–Crippen LogP) is 4.74. The van der Waals surface area contributed by atoms with E-state index in [0.717, 1.165) is 15.9 Å². The Labute approximate surface area is 258 Å². The number of hydrogen-bond acceptors (Lipinski definition) is 6. The highest BCUT2D eigenvalue weighted by Gasteiger charge is 2.48. The summed E-state index contributed by atoms with van der Waals surface area (Å²) >= 11 is 0. The summed E-state index contributed by atoms with van der Waals surface area (Å²) in [5.41, 5.74) is 0.444. The molecule has 8 heteroatoms. The molecule has 2 unspecified atom stereocenters. The van der Waals surface area contributed by atoms with Gasteiger partial charge in [0, 0.05) is 5.69 Å². The lowest BCUT2D eigenvalue weighted by atomic mass is 9.85. The van der Waals surface area contributed by atoms with Crippen molar-refractivity contribution in [3.8, 4) is 0 Å². The van der Waals surface area contributed by atoms with E-state index in [1.807, 2.05) is 91.0 Å². The Morgan fingerprint density at radius 1 is 0.614 bits per heavy atom. The predicted molar refractivity (Wildman–Crippen MR) is 176 cm³/mol. The first-order valence-corrected chi connectivity index (χ1v) is 16.3. The van der Waals surface area contributed by atoms with Crippen molar-refractivity contribution in [1.82, 2.24) is 0 Å². The van der Waals surface area contributed by atoms with Crippen molar-refractivity contribution in [3.05, 3.63) is 121 Å². The molecule has 4 rings (SSSR count). The van der Waals surface area contributed by atoms with Crippen molar-refractivity contribution in [2.75, 3.05) is 18.5 Å². The molecule has 0 heterocycles. The Bertz CT molecular complexity index is 1540. The third-order valence-corrected chi connectivity index (χ3v) is 11.6. The first-order chi connectivity index (χ1) is 21.4. The minimum Gasteiger partial charge on any atom is -0.465 e. The van der Waals surface area contributed by atoms with Gasteiger partial charge in [-0.05, 0) is 55.7 Å². The van der Waals surface area contributed by atoms with Crippen molar-refractivity contribution < 1.29 is 28.7 Å². The maximum absolute atomic E-state index is 14.5. The maximum Gasteiger partial charge on any atom is 0.335 e. The van der Waals surface area contributed by atoms with Gasteiger partial charge in [0.15, 0.2) is 0 Å². The molecule has 7 nitrogen and oxygen atoms in total. The van der Waals surface area contributed by atoms with E-state index in [9.17, 15) is 19.2 Å². The normalized spacial score (nSPS) is 12.3. The van der Waals surface area contributed by atoms with Crippen LogP contribution in [0, 0.1) is 11.8 Å². The number of amides is 1. The average molecular weight is 610 g/mol. The highest BCUT2D eigenvalue weighted by molar-refractivity contribution is 7.96. The molecule has 4 aromatic carbocycles. The fraction of sp³-hybridized carbons (Fsp3) is 0.194. The van der Waals surface area contributed by atoms with Crippen LogP contribution in [-0.4, -0.2) is 42.1 Å². The summed E-state index contributed by atoms with van der Waals surface area (Å²) < 4.78 is 11.3. The zero-order valence-electron chi connectivity index (χ0n) is 25.0. The van der Waals surface area contributed by atoms with E-state index < -0.39 is 42.4 Å². The van der Waals surface area contributed by atoms with E-state index in [1.54, 1.807) is 44.2 Å². The van der Waals surface area contributed by atoms with E-state index in [0.29, 0.717) is 5.69 Å². The molecule has 0 spiro atoms. The fourth-order valence-electron chi connectivity index (χ4n) is 5.45. The summed E-state index contributed by atoms with van der Waals surface area (Å²) in [7, 11) is 0. The lowest BCUT2D eigenvalue weighted by Crippen LogP contribution is -2.48. The molecule has 0 saturated carbocycles. The van der Waals surface area contributed by atoms with Gasteiger partial charge in [-0.25, -0.2) is 4.79 Å². The van der Waals surface area contributed by atoms with Crippen LogP contribution in [0.15, 0.2) is 121 Å². The van der Waals surface area contributed by atoms with Gasteiger partial charge >= 0.3 is 11.9 Å². The standard InChI is InChI=1S/C36H36NO6P/c1-4-42-35(40)32(31(26(3)38)34(39)37-27-18-10-6-11-19-27)33(36(41)43-5-2)44(28-20-12-7-13-21-28,29-22-14-8-15-23-29)30-24-16-9-17-25-30/h6-25,31-32H,4-5H2,1-3H3,(H,37,39). The molecule has 226 valence electrons. The van der Waals surface area contributed by atoms with Crippen LogP contribution in [0.1, 0.15) is 20.8 Å². The van der Waals surface area contributed by atoms with Crippen LogP contribution in [0.4, 0.5) is 5.69 Å². The SMILES string of the molecule is CCOC(=O)C(C(C(=O)OCC)C(C(C)=O)C(=O)Nc1ccccc1)=P(c1ccccc1)(c1ccccc1)c1ccccc1. The minimum absolute atomic E-state index is 0.0111. The van der Waals surface area contributed by atoms with Gasteiger partial charge in [0.1, 0.15) is 17.6 Å². The third kappa shape index (κ3) is 6.74. The van der Waals surface area contributed by atoms with Crippen LogP contribution in [0.3, 0.4) is 0 Å². The summed E-state index contributed by atoms with van der Waals surface area (Å²) in [4.78, 5) is 56.2. The van der Waals surface area contributed by atoms with Crippen LogP contribution in [0.5, 0.6) is 0 Å². The quantitative estimate of drug-likeness (QED) is 0.142. The number of para-hydroxylation sites is 1. The Balaban J connectivity index is 2.23. The summed E-state index contributed by atoms with van der Waals surface area (Å²) in [5.74, 6) is -6.13. The molecule has 0 saturated heterocycles. The molecular weight excluding hydrogens is 573 g/mol. The molecule has 0 aromatic heterocycles. The van der Waals surface area contributed by atoms with Crippen molar-refractivity contribution in [1.29, 1.82) is 0 Å². The van der Waals surface area contributed by atoms with Gasteiger partial charge in [-0.3, -0.25) is 14.4 Å². The van der Waals surface area contributed by atoms with E-state index >= 15 is 0 Å². The number of Topliss-reactive ketones (excluding diaryl/α,β-unsaturated/α-hetero) is 1. The Kier molecular flexibility index (Phi) is 11.1. The van der Waals surface area contributed by atoms with E-state index in [2.05, 4.69) is 5.32 Å². The molecule has 0 aliphatic rings. The van der Waals surface area contributed by atoms with E-state index in [1.165, 1.54) is 6.92 Å². The second-order valence-electron chi connectivity index (χ2n) is 9.96. The second kappa shape index (κ2) is 15.1. The second-order valence-corrected chi connectivity index (χ2v) is 13.3. The highest BCUT2D eigenvalue weighted by Crippen LogP contribution is 2.49. The largest absolute Gasteiger partial charge is 0.465 e. The molecule has 4 aromatic rings. The van der Waals surface area contributed by atoms with Crippen LogP contribution in [0.25, 0.3) is 0 Å². The van der Waals surface area contributed by atoms with Gasteiger partial charge in [-0.2, -0.15) is 0 Å². The monoisotopic (exact) mass is 609 g/mol. The van der Waals surface area contributed by atoms with Crippen LogP contribution in [-0.2, 0) is 28.7 Å². The molecular formula is C36H36NO6P. The maximum atomic E-state index is 14.5. The zero-order valence-corrected chi connectivity index (χ0v) is 25.9. The molecule has 1 N–H and O–H groups in total. The van der Waals surface area contributed by atoms with Gasteiger partial charge in [-0.15, -0.1) is 0 Å². The van der Waals surface area contributed by atoms with Gasteiger partial charge in [-0.1, -0.05) is 109 Å². The minimum atomic E-state index is -3.29. The number of carbonyl (C=O) groups is 4. The van der Waals surface area contributed by atoms with E-state index in [-0.39, 0.29) is 18.5 Å². The van der Waals surface area contributed by atoms with Gasteiger partial charge < -0.3 is 14.8 Å². The van der Waals surface area contributed by atoms with Gasteiger partial charge in [0.2, 0.25) is 5.91 Å². The van der Waals surface area contributed by atoms with Crippen LogP contribution < -0.4 is 21.2 Å². The first kappa shape index (κ1) is 32.2. The number of rotatable bonds is 12. The Hall–Kier alpha value is -4.74. The molecule has 0 bridgehead atoms.